The molecule has 2 aliphatic carbocycles. The summed E-state index contributed by atoms with van der Waals surface area (Å²) in [6.45, 7) is 8.21. The maximum Gasteiger partial charge on any atom is 0.417 e. The number of hydrogen-bond donors (Lipinski definition) is 1. The lowest BCUT2D eigenvalue weighted by atomic mass is 9.65. The van der Waals surface area contributed by atoms with Crippen molar-refractivity contribution in [3.05, 3.63) is 75.7 Å². The van der Waals surface area contributed by atoms with Crippen LogP contribution >= 0.6 is 11.6 Å². The predicted octanol–water partition coefficient (Wildman–Crippen LogP) is 7.36. The van der Waals surface area contributed by atoms with Crippen molar-refractivity contribution in [1.29, 1.82) is 0 Å². The Bertz CT molecular complexity index is 1400. The van der Waals surface area contributed by atoms with Crippen LogP contribution in [0, 0.1) is 10.8 Å². The van der Waals surface area contributed by atoms with Gasteiger partial charge in [0.25, 0.3) is 0 Å². The maximum absolute atomic E-state index is 13.5. The van der Waals surface area contributed by atoms with E-state index < -0.39 is 12.0 Å². The van der Waals surface area contributed by atoms with Crippen molar-refractivity contribution >= 4 is 34.9 Å². The molecule has 0 spiro atoms. The lowest BCUT2D eigenvalue weighted by molar-refractivity contribution is -0.120. The monoisotopic (exact) mass is 549 g/mol. The zero-order valence-electron chi connectivity index (χ0n) is 22.8. The summed E-state index contributed by atoms with van der Waals surface area (Å²) in [5, 5.41) is 3.12. The number of halogens is 1. The normalized spacial score (nSPS) is 20.2. The number of benzene rings is 2. The first kappa shape index (κ1) is 27.0. The fraction of sp³-hybridized carbons (Fsp3) is 0.387. The third kappa shape index (κ3) is 5.46. The molecule has 1 N–H and O–H groups in total. The molecule has 2 aromatic carbocycles. The number of methoxy groups -OCH3 is 1. The van der Waals surface area contributed by atoms with E-state index in [1.54, 1.807) is 42.5 Å². The number of allylic oxidation sites excluding steroid dienone is 4. The second kappa shape index (κ2) is 9.87. The van der Waals surface area contributed by atoms with Crippen molar-refractivity contribution in [2.75, 3.05) is 12.4 Å². The van der Waals surface area contributed by atoms with Crippen molar-refractivity contribution in [3.63, 3.8) is 0 Å². The zero-order chi connectivity index (χ0) is 28.1. The first-order chi connectivity index (χ1) is 18.4. The molecule has 0 saturated heterocycles. The highest BCUT2D eigenvalue weighted by molar-refractivity contribution is 6.30. The van der Waals surface area contributed by atoms with E-state index in [0.29, 0.717) is 70.4 Å². The Morgan fingerprint density at radius 1 is 0.897 bits per heavy atom. The first-order valence-electron chi connectivity index (χ1n) is 13.0. The van der Waals surface area contributed by atoms with E-state index in [2.05, 4.69) is 33.0 Å². The minimum Gasteiger partial charge on any atom is -0.493 e. The van der Waals surface area contributed by atoms with Crippen molar-refractivity contribution in [2.24, 2.45) is 10.8 Å². The largest absolute Gasteiger partial charge is 0.493 e. The Hall–Kier alpha value is -3.58. The van der Waals surface area contributed by atoms with Crippen LogP contribution in [-0.2, 0) is 14.3 Å². The number of carbonyl (C=O) groups is 3. The average molecular weight is 550 g/mol. The standard InChI is InChI=1S/C31H32ClNO6/c1-30(2)13-20(34)27-24(15-30)38-25-16-31(3,4)14-21(35)28(25)26(27)17-9-10-22(23(11-17)37-5)39-29(36)33-19-8-6-7-18(32)12-19/h6-12,26H,13-16H2,1-5H3,(H,33,36). The van der Waals surface area contributed by atoms with Gasteiger partial charge < -0.3 is 14.2 Å². The molecule has 0 aromatic heterocycles. The molecule has 2 aromatic rings. The molecule has 7 nitrogen and oxygen atoms in total. The summed E-state index contributed by atoms with van der Waals surface area (Å²) in [4.78, 5) is 39.6. The average Bonchev–Trinajstić information content (AvgIpc) is 2.81. The molecular formula is C31H32ClNO6. The van der Waals surface area contributed by atoms with E-state index in [1.165, 1.54) is 7.11 Å². The van der Waals surface area contributed by atoms with Gasteiger partial charge in [-0.05, 0) is 46.7 Å². The van der Waals surface area contributed by atoms with Crippen molar-refractivity contribution < 1.29 is 28.6 Å². The summed E-state index contributed by atoms with van der Waals surface area (Å²) in [6, 6.07) is 11.8. The number of amides is 1. The number of ether oxygens (including phenoxy) is 3. The molecule has 1 heterocycles. The van der Waals surface area contributed by atoms with Crippen LogP contribution < -0.4 is 14.8 Å². The summed E-state index contributed by atoms with van der Waals surface area (Å²) < 4.78 is 17.5. The molecule has 3 aliphatic rings. The van der Waals surface area contributed by atoms with E-state index in [-0.39, 0.29) is 28.1 Å². The van der Waals surface area contributed by atoms with Gasteiger partial charge in [0.05, 0.1) is 7.11 Å². The Labute approximate surface area is 233 Å². The third-order valence-electron chi connectivity index (χ3n) is 7.38. The second-order valence-corrected chi connectivity index (χ2v) is 12.5. The first-order valence-corrected chi connectivity index (χ1v) is 13.4. The zero-order valence-corrected chi connectivity index (χ0v) is 23.5. The highest BCUT2D eigenvalue weighted by Gasteiger charge is 2.48. The van der Waals surface area contributed by atoms with Crippen LogP contribution in [-0.4, -0.2) is 24.8 Å². The minimum absolute atomic E-state index is 0.0179. The van der Waals surface area contributed by atoms with Gasteiger partial charge in [-0.1, -0.05) is 51.4 Å². The van der Waals surface area contributed by atoms with E-state index >= 15 is 0 Å². The molecule has 0 bridgehead atoms. The number of rotatable bonds is 4. The molecule has 0 atom stereocenters. The Morgan fingerprint density at radius 2 is 1.51 bits per heavy atom. The molecule has 8 heteroatoms. The van der Waals surface area contributed by atoms with Crippen LogP contribution in [0.4, 0.5) is 10.5 Å². The summed E-state index contributed by atoms with van der Waals surface area (Å²) in [7, 11) is 1.47. The lowest BCUT2D eigenvalue weighted by Crippen LogP contribution is -2.37. The second-order valence-electron chi connectivity index (χ2n) is 12.0. The lowest BCUT2D eigenvalue weighted by Gasteiger charge is -2.42. The minimum atomic E-state index is -0.709. The van der Waals surface area contributed by atoms with Crippen LogP contribution in [0.5, 0.6) is 11.5 Å². The van der Waals surface area contributed by atoms with Gasteiger partial charge in [-0.25, -0.2) is 4.79 Å². The number of ketones is 2. The van der Waals surface area contributed by atoms with E-state index in [9.17, 15) is 14.4 Å². The number of Topliss-reactive ketones (excluding diaryl/α,β-unsaturated/α-hetero) is 2. The quantitative estimate of drug-likeness (QED) is 0.428. The van der Waals surface area contributed by atoms with Crippen LogP contribution in [0.15, 0.2) is 65.1 Å². The summed E-state index contributed by atoms with van der Waals surface area (Å²) >= 11 is 6.00. The van der Waals surface area contributed by atoms with E-state index in [4.69, 9.17) is 25.8 Å². The molecule has 39 heavy (non-hydrogen) atoms. The fourth-order valence-electron chi connectivity index (χ4n) is 5.77. The summed E-state index contributed by atoms with van der Waals surface area (Å²) in [5.41, 5.74) is 1.79. The molecule has 0 saturated carbocycles. The van der Waals surface area contributed by atoms with Crippen LogP contribution in [0.3, 0.4) is 0 Å². The molecule has 5 rings (SSSR count). The number of anilines is 1. The molecular weight excluding hydrogens is 518 g/mol. The molecule has 0 radical (unpaired) electrons. The number of nitrogens with one attached hydrogen (secondary N) is 1. The van der Waals surface area contributed by atoms with Crippen LogP contribution in [0.25, 0.3) is 0 Å². The smallest absolute Gasteiger partial charge is 0.417 e. The number of hydrogen-bond acceptors (Lipinski definition) is 6. The summed E-state index contributed by atoms with van der Waals surface area (Å²) in [5.74, 6) is 1.18. The van der Waals surface area contributed by atoms with Gasteiger partial charge in [0.2, 0.25) is 0 Å². The Balaban J connectivity index is 1.52. The van der Waals surface area contributed by atoms with E-state index in [1.807, 2.05) is 0 Å². The third-order valence-corrected chi connectivity index (χ3v) is 7.61. The van der Waals surface area contributed by atoms with Gasteiger partial charge in [-0.3, -0.25) is 14.9 Å². The van der Waals surface area contributed by atoms with Crippen LogP contribution in [0.2, 0.25) is 5.02 Å². The molecule has 0 unspecified atom stereocenters. The topological polar surface area (TPSA) is 90.9 Å². The van der Waals surface area contributed by atoms with Gasteiger partial charge in [-0.15, -0.1) is 0 Å². The Morgan fingerprint density at radius 3 is 2.08 bits per heavy atom. The van der Waals surface area contributed by atoms with Gasteiger partial charge in [0.15, 0.2) is 23.1 Å². The molecule has 204 valence electrons. The SMILES string of the molecule is COc1cc(C2C3=C(CC(C)(C)CC3=O)OC3=C2C(=O)CC(C)(C)C3)ccc1OC(=O)Nc1cccc(Cl)c1. The highest BCUT2D eigenvalue weighted by Crippen LogP contribution is 2.53. The van der Waals surface area contributed by atoms with Gasteiger partial charge in [0.1, 0.15) is 11.5 Å². The van der Waals surface area contributed by atoms with Crippen molar-refractivity contribution in [1.82, 2.24) is 0 Å². The molecule has 0 fully saturated rings. The van der Waals surface area contributed by atoms with Crippen LogP contribution in [0.1, 0.15) is 64.9 Å². The van der Waals surface area contributed by atoms with Crippen molar-refractivity contribution in [3.8, 4) is 11.5 Å². The predicted molar refractivity (Wildman–Crippen MR) is 148 cm³/mol. The molecule has 1 amide bonds. The molecule has 1 aliphatic heterocycles. The highest BCUT2D eigenvalue weighted by atomic mass is 35.5. The van der Waals surface area contributed by atoms with Gasteiger partial charge in [0, 0.05) is 53.5 Å². The Kier molecular flexibility index (Phi) is 6.83. The van der Waals surface area contributed by atoms with E-state index in [0.717, 1.165) is 0 Å². The van der Waals surface area contributed by atoms with Gasteiger partial charge >= 0.3 is 6.09 Å². The summed E-state index contributed by atoms with van der Waals surface area (Å²) in [6.07, 6.45) is 1.25. The van der Waals surface area contributed by atoms with Crippen molar-refractivity contribution in [2.45, 2.75) is 59.3 Å². The fourth-order valence-corrected chi connectivity index (χ4v) is 5.96. The maximum atomic E-state index is 13.5. The van der Waals surface area contributed by atoms with Gasteiger partial charge in [-0.2, -0.15) is 0 Å². The number of carbonyl (C=O) groups excluding carboxylic acids is 3.